The van der Waals surface area contributed by atoms with Crippen molar-refractivity contribution < 1.29 is 9.53 Å². The SMILES string of the molecule is CN1CCC[C@@H](NC(=O)N(C)CCOCC2CC2)C1. The summed E-state index contributed by atoms with van der Waals surface area (Å²) in [6.45, 7) is 4.27. The summed E-state index contributed by atoms with van der Waals surface area (Å²) in [5, 5.41) is 3.10. The van der Waals surface area contributed by atoms with Crippen LogP contribution in [0.2, 0.25) is 0 Å². The number of carbonyl (C=O) groups excluding carboxylic acids is 1. The van der Waals surface area contributed by atoms with Gasteiger partial charge in [-0.25, -0.2) is 4.79 Å². The fraction of sp³-hybridized carbons (Fsp3) is 0.929. The summed E-state index contributed by atoms with van der Waals surface area (Å²) in [5.74, 6) is 0.789. The fourth-order valence-corrected chi connectivity index (χ4v) is 2.41. The zero-order chi connectivity index (χ0) is 13.7. The number of piperidine rings is 1. The van der Waals surface area contributed by atoms with Crippen molar-refractivity contribution in [3.05, 3.63) is 0 Å². The van der Waals surface area contributed by atoms with E-state index < -0.39 is 0 Å². The topological polar surface area (TPSA) is 44.8 Å². The van der Waals surface area contributed by atoms with Crippen molar-refractivity contribution in [2.75, 3.05) is 46.9 Å². The number of carbonyl (C=O) groups is 1. The molecule has 5 heteroatoms. The second kappa shape index (κ2) is 7.10. The zero-order valence-corrected chi connectivity index (χ0v) is 12.2. The van der Waals surface area contributed by atoms with Gasteiger partial charge in [0.25, 0.3) is 0 Å². The molecule has 1 atom stereocenters. The Labute approximate surface area is 116 Å². The standard InChI is InChI=1S/C14H27N3O2/c1-16-7-3-4-13(10-16)15-14(18)17(2)8-9-19-11-12-5-6-12/h12-13H,3-11H2,1-2H3,(H,15,18)/t13-/m1/s1. The molecule has 1 aliphatic carbocycles. The van der Waals surface area contributed by atoms with Crippen LogP contribution in [0.3, 0.4) is 0 Å². The molecular weight excluding hydrogens is 242 g/mol. The van der Waals surface area contributed by atoms with E-state index in [0.717, 1.165) is 38.5 Å². The van der Waals surface area contributed by atoms with Crippen molar-refractivity contribution in [3.63, 3.8) is 0 Å². The minimum absolute atomic E-state index is 0.0234. The minimum Gasteiger partial charge on any atom is -0.379 e. The molecule has 1 saturated heterocycles. The predicted molar refractivity (Wildman–Crippen MR) is 75.2 cm³/mol. The van der Waals surface area contributed by atoms with Gasteiger partial charge in [0.05, 0.1) is 6.61 Å². The highest BCUT2D eigenvalue weighted by Crippen LogP contribution is 2.28. The van der Waals surface area contributed by atoms with Gasteiger partial charge in [-0.3, -0.25) is 0 Å². The maximum absolute atomic E-state index is 12.0. The van der Waals surface area contributed by atoms with Crippen LogP contribution in [0.15, 0.2) is 0 Å². The summed E-state index contributed by atoms with van der Waals surface area (Å²) in [4.78, 5) is 16.0. The van der Waals surface area contributed by atoms with Gasteiger partial charge in [-0.05, 0) is 45.2 Å². The van der Waals surface area contributed by atoms with Crippen LogP contribution in [0.1, 0.15) is 25.7 Å². The third kappa shape index (κ3) is 5.37. The lowest BCUT2D eigenvalue weighted by Gasteiger charge is -2.31. The number of nitrogens with zero attached hydrogens (tertiary/aromatic N) is 2. The Balaban J connectivity index is 1.57. The second-order valence-corrected chi connectivity index (χ2v) is 5.99. The Morgan fingerprint density at radius 1 is 1.42 bits per heavy atom. The van der Waals surface area contributed by atoms with E-state index in [1.165, 1.54) is 12.8 Å². The van der Waals surface area contributed by atoms with Crippen molar-refractivity contribution in [2.24, 2.45) is 5.92 Å². The van der Waals surface area contributed by atoms with Gasteiger partial charge >= 0.3 is 6.03 Å². The predicted octanol–water partition coefficient (Wildman–Crippen LogP) is 1.15. The van der Waals surface area contributed by atoms with Gasteiger partial charge in [0, 0.05) is 32.8 Å². The van der Waals surface area contributed by atoms with E-state index in [4.69, 9.17) is 4.74 Å². The minimum atomic E-state index is 0.0234. The maximum atomic E-state index is 12.0. The van der Waals surface area contributed by atoms with Crippen LogP contribution in [0.25, 0.3) is 0 Å². The van der Waals surface area contributed by atoms with E-state index >= 15 is 0 Å². The number of ether oxygens (including phenoxy) is 1. The number of rotatable bonds is 6. The van der Waals surface area contributed by atoms with Crippen molar-refractivity contribution in [3.8, 4) is 0 Å². The van der Waals surface area contributed by atoms with Crippen molar-refractivity contribution >= 4 is 6.03 Å². The van der Waals surface area contributed by atoms with Crippen molar-refractivity contribution in [1.29, 1.82) is 0 Å². The average Bonchev–Trinajstić information content (AvgIpc) is 3.18. The Morgan fingerprint density at radius 3 is 2.89 bits per heavy atom. The molecule has 0 aromatic heterocycles. The van der Waals surface area contributed by atoms with Crippen LogP contribution in [-0.2, 0) is 4.74 Å². The first kappa shape index (κ1) is 14.6. The molecule has 1 N–H and O–H groups in total. The van der Waals surface area contributed by atoms with Crippen LogP contribution in [0.5, 0.6) is 0 Å². The van der Waals surface area contributed by atoms with Gasteiger partial charge < -0.3 is 19.9 Å². The second-order valence-electron chi connectivity index (χ2n) is 5.99. The molecule has 1 aliphatic heterocycles. The molecule has 19 heavy (non-hydrogen) atoms. The lowest BCUT2D eigenvalue weighted by molar-refractivity contribution is 0.106. The van der Waals surface area contributed by atoms with Crippen LogP contribution in [0, 0.1) is 5.92 Å². The Bertz CT molecular complexity index is 294. The quantitative estimate of drug-likeness (QED) is 0.736. The molecule has 2 rings (SSSR count). The van der Waals surface area contributed by atoms with Crippen LogP contribution in [-0.4, -0.2) is 68.8 Å². The third-order valence-corrected chi connectivity index (χ3v) is 3.92. The number of likely N-dealkylation sites (N-methyl/N-ethyl adjacent to an activating group) is 2. The van der Waals surface area contributed by atoms with E-state index in [0.29, 0.717) is 19.2 Å². The van der Waals surface area contributed by atoms with E-state index in [-0.39, 0.29) is 6.03 Å². The highest BCUT2D eigenvalue weighted by Gasteiger charge is 2.22. The van der Waals surface area contributed by atoms with E-state index in [2.05, 4.69) is 17.3 Å². The molecule has 5 nitrogen and oxygen atoms in total. The number of likely N-dealkylation sites (tertiary alicyclic amines) is 1. The smallest absolute Gasteiger partial charge is 0.317 e. The molecule has 0 unspecified atom stereocenters. The number of urea groups is 1. The van der Waals surface area contributed by atoms with E-state index in [1.807, 2.05) is 7.05 Å². The number of hydrogen-bond acceptors (Lipinski definition) is 3. The molecule has 2 fully saturated rings. The molecule has 0 radical (unpaired) electrons. The van der Waals surface area contributed by atoms with Gasteiger partial charge in [-0.15, -0.1) is 0 Å². The van der Waals surface area contributed by atoms with Crippen LogP contribution < -0.4 is 5.32 Å². The van der Waals surface area contributed by atoms with Gasteiger partial charge in [0.1, 0.15) is 0 Å². The molecule has 1 heterocycles. The summed E-state index contributed by atoms with van der Waals surface area (Å²) in [6.07, 6.45) is 4.87. The lowest BCUT2D eigenvalue weighted by atomic mass is 10.1. The van der Waals surface area contributed by atoms with Crippen LogP contribution in [0.4, 0.5) is 4.79 Å². The van der Waals surface area contributed by atoms with E-state index in [1.54, 1.807) is 4.90 Å². The summed E-state index contributed by atoms with van der Waals surface area (Å²) >= 11 is 0. The largest absolute Gasteiger partial charge is 0.379 e. The summed E-state index contributed by atoms with van der Waals surface area (Å²) in [5.41, 5.74) is 0. The van der Waals surface area contributed by atoms with Crippen molar-refractivity contribution in [2.45, 2.75) is 31.7 Å². The van der Waals surface area contributed by atoms with Gasteiger partial charge in [-0.2, -0.15) is 0 Å². The summed E-state index contributed by atoms with van der Waals surface area (Å²) in [6, 6.07) is 0.316. The normalized spacial score (nSPS) is 24.2. The highest BCUT2D eigenvalue weighted by atomic mass is 16.5. The molecule has 0 spiro atoms. The Morgan fingerprint density at radius 2 is 2.21 bits per heavy atom. The molecule has 0 aromatic rings. The lowest BCUT2D eigenvalue weighted by Crippen LogP contribution is -2.50. The highest BCUT2D eigenvalue weighted by molar-refractivity contribution is 5.74. The fourth-order valence-electron chi connectivity index (χ4n) is 2.41. The van der Waals surface area contributed by atoms with Crippen molar-refractivity contribution in [1.82, 2.24) is 15.1 Å². The zero-order valence-electron chi connectivity index (χ0n) is 12.2. The van der Waals surface area contributed by atoms with Gasteiger partial charge in [-0.1, -0.05) is 0 Å². The first-order chi connectivity index (χ1) is 9.15. The third-order valence-electron chi connectivity index (χ3n) is 3.92. The number of amides is 2. The first-order valence-electron chi connectivity index (χ1n) is 7.43. The van der Waals surface area contributed by atoms with Gasteiger partial charge in [0.15, 0.2) is 0 Å². The Kier molecular flexibility index (Phi) is 5.45. The Hall–Kier alpha value is -0.810. The molecule has 2 amide bonds. The molecule has 1 saturated carbocycles. The van der Waals surface area contributed by atoms with Gasteiger partial charge in [0.2, 0.25) is 0 Å². The maximum Gasteiger partial charge on any atom is 0.317 e. The molecular formula is C14H27N3O2. The summed E-state index contributed by atoms with van der Waals surface area (Å²) in [7, 11) is 3.94. The number of hydrogen-bond donors (Lipinski definition) is 1. The number of nitrogens with one attached hydrogen (secondary N) is 1. The molecule has 2 aliphatic rings. The molecule has 110 valence electrons. The first-order valence-corrected chi connectivity index (χ1v) is 7.43. The summed E-state index contributed by atoms with van der Waals surface area (Å²) < 4.78 is 5.56. The van der Waals surface area contributed by atoms with Crippen LogP contribution >= 0.6 is 0 Å². The molecule has 0 bridgehead atoms. The average molecular weight is 269 g/mol. The molecule has 0 aromatic carbocycles. The van der Waals surface area contributed by atoms with E-state index in [9.17, 15) is 4.79 Å². The monoisotopic (exact) mass is 269 g/mol.